The topological polar surface area (TPSA) is 52.6 Å². The molecule has 0 aromatic carbocycles. The van der Waals surface area contributed by atoms with E-state index in [9.17, 15) is 0 Å². The molecule has 2 unspecified atom stereocenters. The van der Waals surface area contributed by atoms with Gasteiger partial charge in [-0.15, -0.1) is 24.0 Å². The highest BCUT2D eigenvalue weighted by Crippen LogP contribution is 2.23. The van der Waals surface area contributed by atoms with Crippen molar-refractivity contribution in [3.63, 3.8) is 0 Å². The molecule has 1 fully saturated rings. The highest BCUT2D eigenvalue weighted by molar-refractivity contribution is 14.0. The Morgan fingerprint density at radius 1 is 1.35 bits per heavy atom. The zero-order valence-electron chi connectivity index (χ0n) is 14.7. The van der Waals surface area contributed by atoms with Gasteiger partial charge in [-0.3, -0.25) is 4.99 Å². The summed E-state index contributed by atoms with van der Waals surface area (Å²) in [4.78, 5) is 11.0. The second kappa shape index (κ2) is 9.95. The minimum absolute atomic E-state index is 0. The van der Waals surface area contributed by atoms with E-state index in [1.165, 1.54) is 25.7 Å². The van der Waals surface area contributed by atoms with E-state index in [0.717, 1.165) is 23.4 Å². The summed E-state index contributed by atoms with van der Waals surface area (Å²) < 4.78 is 0. The third-order valence-electron chi connectivity index (χ3n) is 4.19. The van der Waals surface area contributed by atoms with Crippen LogP contribution in [0.15, 0.2) is 23.2 Å². The summed E-state index contributed by atoms with van der Waals surface area (Å²) in [6.45, 7) is 3.02. The van der Waals surface area contributed by atoms with E-state index < -0.39 is 0 Å². The maximum Gasteiger partial charge on any atom is 0.191 e. The Labute approximate surface area is 157 Å². The van der Waals surface area contributed by atoms with Gasteiger partial charge in [0.2, 0.25) is 0 Å². The Hall–Kier alpha value is -1.05. The van der Waals surface area contributed by atoms with Gasteiger partial charge in [-0.2, -0.15) is 0 Å². The Morgan fingerprint density at radius 3 is 2.78 bits per heavy atom. The van der Waals surface area contributed by atoms with Gasteiger partial charge in [-0.05, 0) is 30.9 Å². The molecule has 2 N–H and O–H groups in total. The van der Waals surface area contributed by atoms with E-state index in [-0.39, 0.29) is 24.0 Å². The largest absolute Gasteiger partial charge is 0.363 e. The summed E-state index contributed by atoms with van der Waals surface area (Å²) in [5.41, 5.74) is 1.02. The molecule has 130 valence electrons. The summed E-state index contributed by atoms with van der Waals surface area (Å²) in [7, 11) is 5.83. The molecule has 0 bridgehead atoms. The van der Waals surface area contributed by atoms with Gasteiger partial charge in [-0.25, -0.2) is 4.98 Å². The number of nitrogens with zero attached hydrogens (tertiary/aromatic N) is 3. The molecule has 1 aliphatic carbocycles. The first-order valence-electron chi connectivity index (χ1n) is 8.19. The Balaban J connectivity index is 0.00000264. The highest BCUT2D eigenvalue weighted by Gasteiger charge is 2.19. The summed E-state index contributed by atoms with van der Waals surface area (Å²) in [5, 5.41) is 6.92. The zero-order valence-corrected chi connectivity index (χ0v) is 17.0. The van der Waals surface area contributed by atoms with E-state index in [1.54, 1.807) is 0 Å². The van der Waals surface area contributed by atoms with E-state index >= 15 is 0 Å². The van der Waals surface area contributed by atoms with Crippen LogP contribution in [0, 0.1) is 5.92 Å². The summed E-state index contributed by atoms with van der Waals surface area (Å²) in [6.07, 6.45) is 5.13. The molecule has 0 spiro atoms. The quantitative estimate of drug-likeness (QED) is 0.437. The van der Waals surface area contributed by atoms with E-state index in [0.29, 0.717) is 12.6 Å². The maximum atomic E-state index is 4.62. The fraction of sp³-hybridized carbons (Fsp3) is 0.647. The lowest BCUT2D eigenvalue weighted by Gasteiger charge is -2.28. The van der Waals surface area contributed by atoms with Gasteiger partial charge in [-0.1, -0.05) is 25.8 Å². The SMILES string of the molecule is CN=C(NCc1cccc(N(C)C)n1)NC1CCCC(C)C1.I. The van der Waals surface area contributed by atoms with E-state index in [2.05, 4.69) is 27.5 Å². The predicted molar refractivity (Wildman–Crippen MR) is 109 cm³/mol. The fourth-order valence-electron chi connectivity index (χ4n) is 2.94. The van der Waals surface area contributed by atoms with Gasteiger partial charge in [0.15, 0.2) is 5.96 Å². The number of aromatic nitrogens is 1. The lowest BCUT2D eigenvalue weighted by molar-refractivity contribution is 0.324. The third-order valence-corrected chi connectivity index (χ3v) is 4.19. The van der Waals surface area contributed by atoms with Crippen molar-refractivity contribution in [3.8, 4) is 0 Å². The van der Waals surface area contributed by atoms with Gasteiger partial charge in [0.05, 0.1) is 12.2 Å². The fourth-order valence-corrected chi connectivity index (χ4v) is 2.94. The van der Waals surface area contributed by atoms with E-state index in [1.807, 2.05) is 44.2 Å². The van der Waals surface area contributed by atoms with Crippen molar-refractivity contribution in [1.82, 2.24) is 15.6 Å². The van der Waals surface area contributed by atoms with Crippen molar-refractivity contribution >= 4 is 35.8 Å². The number of guanidine groups is 1. The lowest BCUT2D eigenvalue weighted by atomic mass is 9.87. The minimum atomic E-state index is 0. The van der Waals surface area contributed by atoms with Crippen molar-refractivity contribution in [2.75, 3.05) is 26.0 Å². The number of anilines is 1. The first-order valence-corrected chi connectivity index (χ1v) is 8.19. The molecule has 23 heavy (non-hydrogen) atoms. The number of nitrogens with one attached hydrogen (secondary N) is 2. The molecular formula is C17H30IN5. The minimum Gasteiger partial charge on any atom is -0.363 e. The smallest absolute Gasteiger partial charge is 0.191 e. The van der Waals surface area contributed by atoms with Crippen LogP contribution in [0.1, 0.15) is 38.3 Å². The van der Waals surface area contributed by atoms with Crippen LogP contribution in [-0.4, -0.2) is 38.1 Å². The maximum absolute atomic E-state index is 4.62. The van der Waals surface area contributed by atoms with Crippen LogP contribution in [0.3, 0.4) is 0 Å². The summed E-state index contributed by atoms with van der Waals surface area (Å²) >= 11 is 0. The molecule has 1 aliphatic rings. The van der Waals surface area contributed by atoms with Crippen LogP contribution in [0.4, 0.5) is 5.82 Å². The molecule has 1 aromatic rings. The number of rotatable bonds is 4. The number of aliphatic imine (C=N–C) groups is 1. The second-order valence-electron chi connectivity index (χ2n) is 6.42. The standard InChI is InChI=1S/C17H29N5.HI/c1-13-7-5-8-14(11-13)21-17(18-2)19-12-15-9-6-10-16(20-15)22(3)4;/h6,9-10,13-14H,5,7-8,11-12H2,1-4H3,(H2,18,19,21);1H. The van der Waals surface area contributed by atoms with Crippen LogP contribution in [0.2, 0.25) is 0 Å². The van der Waals surface area contributed by atoms with Crippen LogP contribution >= 0.6 is 24.0 Å². The van der Waals surface area contributed by atoms with Crippen molar-refractivity contribution in [2.45, 2.75) is 45.2 Å². The molecule has 2 rings (SSSR count). The van der Waals surface area contributed by atoms with Crippen molar-refractivity contribution in [1.29, 1.82) is 0 Å². The monoisotopic (exact) mass is 431 g/mol. The predicted octanol–water partition coefficient (Wildman–Crippen LogP) is 3.01. The number of hydrogen-bond donors (Lipinski definition) is 2. The molecule has 2 atom stereocenters. The average Bonchev–Trinajstić information content (AvgIpc) is 2.51. The summed E-state index contributed by atoms with van der Waals surface area (Å²) in [6, 6.07) is 6.63. The molecular weight excluding hydrogens is 401 g/mol. The van der Waals surface area contributed by atoms with Gasteiger partial charge in [0.25, 0.3) is 0 Å². The average molecular weight is 431 g/mol. The lowest BCUT2D eigenvalue weighted by Crippen LogP contribution is -2.44. The Morgan fingerprint density at radius 2 is 2.13 bits per heavy atom. The van der Waals surface area contributed by atoms with Crippen molar-refractivity contribution in [3.05, 3.63) is 23.9 Å². The first kappa shape index (κ1) is 20.0. The van der Waals surface area contributed by atoms with Gasteiger partial charge >= 0.3 is 0 Å². The number of hydrogen-bond acceptors (Lipinski definition) is 3. The normalized spacial score (nSPS) is 21.3. The van der Waals surface area contributed by atoms with Crippen LogP contribution in [0.5, 0.6) is 0 Å². The molecule has 0 amide bonds. The molecule has 1 heterocycles. The molecule has 5 nitrogen and oxygen atoms in total. The third kappa shape index (κ3) is 6.53. The number of pyridine rings is 1. The molecule has 0 saturated heterocycles. The van der Waals surface area contributed by atoms with Crippen LogP contribution in [0.25, 0.3) is 0 Å². The first-order chi connectivity index (χ1) is 10.6. The molecule has 6 heteroatoms. The van der Waals surface area contributed by atoms with Gasteiger partial charge in [0.1, 0.15) is 5.82 Å². The molecule has 0 aliphatic heterocycles. The van der Waals surface area contributed by atoms with Crippen molar-refractivity contribution in [2.24, 2.45) is 10.9 Å². The Kier molecular flexibility index (Phi) is 8.65. The van der Waals surface area contributed by atoms with Crippen LogP contribution < -0.4 is 15.5 Å². The van der Waals surface area contributed by atoms with E-state index in [4.69, 9.17) is 0 Å². The molecule has 0 radical (unpaired) electrons. The Bertz CT molecular complexity index is 504. The van der Waals surface area contributed by atoms with Crippen molar-refractivity contribution < 1.29 is 0 Å². The number of halogens is 1. The highest BCUT2D eigenvalue weighted by atomic mass is 127. The van der Waals surface area contributed by atoms with Gasteiger partial charge < -0.3 is 15.5 Å². The summed E-state index contributed by atoms with van der Waals surface area (Å²) in [5.74, 6) is 2.65. The zero-order chi connectivity index (χ0) is 15.9. The van der Waals surface area contributed by atoms with Crippen LogP contribution in [-0.2, 0) is 6.54 Å². The second-order valence-corrected chi connectivity index (χ2v) is 6.42. The molecule has 1 saturated carbocycles. The molecule has 1 aromatic heterocycles. The van der Waals surface area contributed by atoms with Gasteiger partial charge in [0, 0.05) is 27.2 Å².